The van der Waals surface area contributed by atoms with E-state index in [1.807, 2.05) is 13.8 Å². The molecule has 0 radical (unpaired) electrons. The summed E-state index contributed by atoms with van der Waals surface area (Å²) >= 11 is 0. The van der Waals surface area contributed by atoms with Gasteiger partial charge in [0, 0.05) is 7.05 Å². The van der Waals surface area contributed by atoms with Crippen LogP contribution in [-0.2, 0) is 18.3 Å². The minimum Gasteiger partial charge on any atom is -0.493 e. The van der Waals surface area contributed by atoms with Gasteiger partial charge in [-0.05, 0) is 37.6 Å². The van der Waals surface area contributed by atoms with Gasteiger partial charge in [0.15, 0.2) is 22.7 Å². The van der Waals surface area contributed by atoms with E-state index in [1.54, 1.807) is 25.3 Å². The summed E-state index contributed by atoms with van der Waals surface area (Å²) in [5.41, 5.74) is 2.59. The number of benzene rings is 1. The average Bonchev–Trinajstić information content (AvgIpc) is 3.14. The van der Waals surface area contributed by atoms with Crippen molar-refractivity contribution in [1.29, 1.82) is 0 Å². The summed E-state index contributed by atoms with van der Waals surface area (Å²) < 4.78 is 18.7. The summed E-state index contributed by atoms with van der Waals surface area (Å²) in [7, 11) is 4.58. The number of aliphatic hydroxyl groups excluding tert-OH is 1. The van der Waals surface area contributed by atoms with E-state index in [0.29, 0.717) is 11.5 Å². The van der Waals surface area contributed by atoms with Gasteiger partial charge in [-0.2, -0.15) is 10.1 Å². The molecule has 1 atom stereocenters. The van der Waals surface area contributed by atoms with Crippen molar-refractivity contribution < 1.29 is 19.3 Å². The van der Waals surface area contributed by atoms with Crippen LogP contribution in [0.2, 0.25) is 0 Å². The Kier molecular flexibility index (Phi) is 7.51. The Hall–Kier alpha value is -3.64. The number of hydrogen-bond acceptors (Lipinski definition) is 9. The molecule has 2 heterocycles. The molecule has 0 amide bonds. The Labute approximate surface area is 189 Å². The summed E-state index contributed by atoms with van der Waals surface area (Å²) in [6.45, 7) is 3.78. The molecule has 3 N–H and O–H groups in total. The highest BCUT2D eigenvalue weighted by Crippen LogP contribution is 2.27. The van der Waals surface area contributed by atoms with Crippen LogP contribution in [0.15, 0.2) is 32.9 Å². The van der Waals surface area contributed by atoms with E-state index in [2.05, 4.69) is 20.5 Å². The summed E-state index contributed by atoms with van der Waals surface area (Å²) in [6.07, 6.45) is 0.552. The highest BCUT2D eigenvalue weighted by Gasteiger charge is 2.20. The molecule has 12 heteroatoms. The van der Waals surface area contributed by atoms with Gasteiger partial charge in [0.1, 0.15) is 0 Å². The number of aryl methyl sites for hydroxylation is 1. The molecule has 0 saturated heterocycles. The van der Waals surface area contributed by atoms with Crippen molar-refractivity contribution in [2.45, 2.75) is 32.6 Å². The van der Waals surface area contributed by atoms with Crippen LogP contribution in [0.25, 0.3) is 11.2 Å². The molecule has 0 aliphatic rings. The van der Waals surface area contributed by atoms with Crippen molar-refractivity contribution in [3.05, 3.63) is 44.6 Å². The number of nitrogens with one attached hydrogen (secondary N) is 2. The van der Waals surface area contributed by atoms with E-state index in [9.17, 15) is 14.7 Å². The van der Waals surface area contributed by atoms with Crippen LogP contribution in [0.4, 0.5) is 5.95 Å². The van der Waals surface area contributed by atoms with Crippen LogP contribution < -0.4 is 26.1 Å². The Bertz CT molecular complexity index is 1260. The molecule has 12 nitrogen and oxygen atoms in total. The molecule has 0 aliphatic heterocycles. The predicted octanol–water partition coefficient (Wildman–Crippen LogP) is 0.672. The zero-order chi connectivity index (χ0) is 24.1. The quantitative estimate of drug-likeness (QED) is 0.296. The molecule has 0 aliphatic carbocycles. The van der Waals surface area contributed by atoms with Gasteiger partial charge < -0.3 is 23.9 Å². The second kappa shape index (κ2) is 10.3. The zero-order valence-corrected chi connectivity index (χ0v) is 19.2. The lowest BCUT2D eigenvalue weighted by molar-refractivity contribution is -0.000105. The van der Waals surface area contributed by atoms with E-state index >= 15 is 0 Å². The summed E-state index contributed by atoms with van der Waals surface area (Å²) in [5, 5.41) is 14.6. The number of methoxy groups -OCH3 is 2. The van der Waals surface area contributed by atoms with E-state index in [0.717, 1.165) is 5.56 Å². The molecule has 33 heavy (non-hydrogen) atoms. The molecule has 3 aromatic rings. The van der Waals surface area contributed by atoms with Crippen LogP contribution in [-0.4, -0.2) is 63.5 Å². The number of ether oxygens (including phenoxy) is 3. The van der Waals surface area contributed by atoms with Gasteiger partial charge in [0.05, 0.1) is 45.8 Å². The number of rotatable bonds is 10. The van der Waals surface area contributed by atoms with Gasteiger partial charge in [0.25, 0.3) is 5.56 Å². The van der Waals surface area contributed by atoms with E-state index in [1.165, 1.54) is 29.5 Å². The van der Waals surface area contributed by atoms with Gasteiger partial charge in [-0.25, -0.2) is 10.2 Å². The third-order valence-corrected chi connectivity index (χ3v) is 4.81. The monoisotopic (exact) mass is 460 g/mol. The second-order valence-electron chi connectivity index (χ2n) is 7.56. The Morgan fingerprint density at radius 2 is 1.97 bits per heavy atom. The molecular weight excluding hydrogens is 432 g/mol. The molecule has 0 saturated carbocycles. The molecule has 2 aromatic heterocycles. The van der Waals surface area contributed by atoms with Crippen molar-refractivity contribution in [3.8, 4) is 11.5 Å². The standard InChI is InChI=1S/C21H28N6O6/c1-12(2)33-11-14(28)10-27-17-18(26(3)21(30)24-19(17)29)23-20(27)25-22-9-13-6-7-15(31-4)16(8-13)32-5/h6-9,12,14,28H,10-11H2,1-5H3,(H,23,25)(H,24,29,30)/b22-9+. The fourth-order valence-electron chi connectivity index (χ4n) is 3.16. The first-order chi connectivity index (χ1) is 15.7. The first-order valence-corrected chi connectivity index (χ1v) is 10.3. The Morgan fingerprint density at radius 1 is 1.24 bits per heavy atom. The molecule has 178 valence electrons. The third kappa shape index (κ3) is 5.41. The molecule has 0 bridgehead atoms. The van der Waals surface area contributed by atoms with Crippen molar-refractivity contribution in [3.63, 3.8) is 0 Å². The predicted molar refractivity (Wildman–Crippen MR) is 123 cm³/mol. The van der Waals surface area contributed by atoms with Crippen molar-refractivity contribution in [2.24, 2.45) is 12.1 Å². The first kappa shape index (κ1) is 24.0. The smallest absolute Gasteiger partial charge is 0.329 e. The number of aromatic amines is 1. The van der Waals surface area contributed by atoms with Crippen LogP contribution in [0, 0.1) is 0 Å². The zero-order valence-electron chi connectivity index (χ0n) is 19.2. The van der Waals surface area contributed by atoms with Crippen molar-refractivity contribution in [2.75, 3.05) is 26.3 Å². The molecule has 3 rings (SSSR count). The van der Waals surface area contributed by atoms with Gasteiger partial charge >= 0.3 is 5.69 Å². The third-order valence-electron chi connectivity index (χ3n) is 4.81. The summed E-state index contributed by atoms with van der Waals surface area (Å²) in [6, 6.07) is 5.28. The molecule has 0 spiro atoms. The molecular formula is C21H28N6O6. The number of nitrogens with zero attached hydrogens (tertiary/aromatic N) is 4. The average molecular weight is 460 g/mol. The number of aromatic nitrogens is 4. The lowest BCUT2D eigenvalue weighted by Crippen LogP contribution is -2.30. The maximum atomic E-state index is 12.5. The number of H-pyrrole nitrogens is 1. The van der Waals surface area contributed by atoms with Crippen molar-refractivity contribution in [1.82, 2.24) is 19.1 Å². The van der Waals surface area contributed by atoms with Crippen LogP contribution in [0.3, 0.4) is 0 Å². The van der Waals surface area contributed by atoms with E-state index in [-0.39, 0.29) is 36.4 Å². The Balaban J connectivity index is 1.95. The number of aliphatic hydroxyl groups is 1. The van der Waals surface area contributed by atoms with Gasteiger partial charge in [0.2, 0.25) is 5.95 Å². The first-order valence-electron chi connectivity index (χ1n) is 10.3. The summed E-state index contributed by atoms with van der Waals surface area (Å²) in [5.74, 6) is 1.31. The number of imidazole rings is 1. The highest BCUT2D eigenvalue weighted by atomic mass is 16.5. The van der Waals surface area contributed by atoms with Gasteiger partial charge in [-0.15, -0.1) is 0 Å². The minimum atomic E-state index is -0.920. The molecule has 1 aromatic carbocycles. The fraction of sp³-hybridized carbons (Fsp3) is 0.429. The number of anilines is 1. The maximum absolute atomic E-state index is 12.5. The second-order valence-corrected chi connectivity index (χ2v) is 7.56. The minimum absolute atomic E-state index is 0.00127. The number of fused-ring (bicyclic) bond motifs is 1. The maximum Gasteiger partial charge on any atom is 0.329 e. The van der Waals surface area contributed by atoms with Crippen LogP contribution in [0.5, 0.6) is 11.5 Å². The highest BCUT2D eigenvalue weighted by molar-refractivity contribution is 5.81. The van der Waals surface area contributed by atoms with Crippen molar-refractivity contribution >= 4 is 23.3 Å². The lowest BCUT2D eigenvalue weighted by atomic mass is 10.2. The Morgan fingerprint density at radius 3 is 2.64 bits per heavy atom. The van der Waals surface area contributed by atoms with Gasteiger partial charge in [-0.1, -0.05) is 0 Å². The normalized spacial score (nSPS) is 12.6. The summed E-state index contributed by atoms with van der Waals surface area (Å²) in [4.78, 5) is 31.1. The van der Waals surface area contributed by atoms with Crippen LogP contribution >= 0.6 is 0 Å². The van der Waals surface area contributed by atoms with E-state index in [4.69, 9.17) is 14.2 Å². The van der Waals surface area contributed by atoms with Gasteiger partial charge in [-0.3, -0.25) is 14.3 Å². The lowest BCUT2D eigenvalue weighted by Gasteiger charge is -2.15. The topological polar surface area (TPSA) is 145 Å². The number of hydrazone groups is 1. The largest absolute Gasteiger partial charge is 0.493 e. The fourth-order valence-corrected chi connectivity index (χ4v) is 3.16. The SMILES string of the molecule is COc1ccc(/C=N/Nc2nc3c(c(=O)[nH]c(=O)n3C)n2CC(O)COC(C)C)cc1OC. The number of hydrogen-bond donors (Lipinski definition) is 3. The van der Waals surface area contributed by atoms with E-state index < -0.39 is 17.4 Å². The molecule has 1 unspecified atom stereocenters. The molecule has 0 fully saturated rings. The van der Waals surface area contributed by atoms with Crippen LogP contribution in [0.1, 0.15) is 19.4 Å².